The highest BCUT2D eigenvalue weighted by Crippen LogP contribution is 2.33. The van der Waals surface area contributed by atoms with Crippen LogP contribution < -0.4 is 10.2 Å². The van der Waals surface area contributed by atoms with Crippen LogP contribution in [0.4, 0.5) is 10.1 Å². The molecule has 1 aromatic rings. The van der Waals surface area contributed by atoms with Crippen LogP contribution in [0.1, 0.15) is 32.4 Å². The summed E-state index contributed by atoms with van der Waals surface area (Å²) in [5, 5.41) is 12.1. The number of hydrogen-bond acceptors (Lipinski definition) is 4. The molecule has 0 spiro atoms. The molecule has 0 unspecified atom stereocenters. The van der Waals surface area contributed by atoms with E-state index in [0.29, 0.717) is 11.3 Å². The second-order valence-electron chi connectivity index (χ2n) is 5.40. The molecule has 1 heterocycles. The van der Waals surface area contributed by atoms with Crippen molar-refractivity contribution >= 4 is 17.5 Å². The van der Waals surface area contributed by atoms with E-state index in [4.69, 9.17) is 0 Å². The number of anilines is 1. The Morgan fingerprint density at radius 2 is 2.05 bits per heavy atom. The molecule has 0 aliphatic carbocycles. The van der Waals surface area contributed by atoms with Crippen LogP contribution in [-0.4, -0.2) is 29.0 Å². The van der Waals surface area contributed by atoms with Crippen molar-refractivity contribution in [2.75, 3.05) is 11.4 Å². The summed E-state index contributed by atoms with van der Waals surface area (Å²) in [5.74, 6) is -1.32. The number of carbonyl (C=O) groups excluding carboxylic acids is 2. The third-order valence-electron chi connectivity index (χ3n) is 3.52. The van der Waals surface area contributed by atoms with E-state index in [0.717, 1.165) is 0 Å². The van der Waals surface area contributed by atoms with E-state index in [1.54, 1.807) is 18.7 Å². The topological polar surface area (TPSA) is 69.6 Å². The van der Waals surface area contributed by atoms with E-state index in [2.05, 4.69) is 5.32 Å². The van der Waals surface area contributed by atoms with Crippen molar-refractivity contribution in [2.45, 2.75) is 32.4 Å². The highest BCUT2D eigenvalue weighted by molar-refractivity contribution is 6.06. The lowest BCUT2D eigenvalue weighted by Crippen LogP contribution is -2.64. The maximum atomic E-state index is 13.3. The average Bonchev–Trinajstić information content (AvgIpc) is 2.34. The van der Waals surface area contributed by atoms with E-state index >= 15 is 0 Å². The Morgan fingerprint density at radius 3 is 2.65 bits per heavy atom. The van der Waals surface area contributed by atoms with Gasteiger partial charge in [-0.2, -0.15) is 0 Å². The van der Waals surface area contributed by atoms with Crippen molar-refractivity contribution < 1.29 is 19.1 Å². The lowest BCUT2D eigenvalue weighted by atomic mass is 9.95. The Morgan fingerprint density at radius 1 is 1.40 bits per heavy atom. The van der Waals surface area contributed by atoms with Gasteiger partial charge in [-0.1, -0.05) is 0 Å². The predicted molar refractivity (Wildman–Crippen MR) is 71.6 cm³/mol. The van der Waals surface area contributed by atoms with Crippen LogP contribution in [0, 0.1) is 5.82 Å². The summed E-state index contributed by atoms with van der Waals surface area (Å²) in [4.78, 5) is 25.1. The van der Waals surface area contributed by atoms with Gasteiger partial charge in [0.1, 0.15) is 11.4 Å². The summed E-state index contributed by atoms with van der Waals surface area (Å²) in [5.41, 5.74) is -0.134. The Kier molecular flexibility index (Phi) is 3.52. The number of rotatable bonds is 2. The van der Waals surface area contributed by atoms with Gasteiger partial charge in [-0.05, 0) is 39.0 Å². The van der Waals surface area contributed by atoms with E-state index in [1.165, 1.54) is 25.1 Å². The van der Waals surface area contributed by atoms with Gasteiger partial charge in [0.05, 0.1) is 12.6 Å². The van der Waals surface area contributed by atoms with Crippen molar-refractivity contribution in [3.8, 4) is 0 Å². The average molecular weight is 280 g/mol. The fourth-order valence-electron chi connectivity index (χ4n) is 2.28. The van der Waals surface area contributed by atoms with Gasteiger partial charge in [0.25, 0.3) is 5.91 Å². The molecule has 0 bridgehead atoms. The first-order valence-corrected chi connectivity index (χ1v) is 6.33. The van der Waals surface area contributed by atoms with Crippen molar-refractivity contribution in [3.63, 3.8) is 0 Å². The Bertz CT molecular complexity index is 570. The van der Waals surface area contributed by atoms with Gasteiger partial charge < -0.3 is 10.0 Å². The molecule has 2 rings (SSSR count). The number of hydrogen-bond donors (Lipinski definition) is 2. The molecule has 1 saturated heterocycles. The second kappa shape index (κ2) is 4.86. The van der Waals surface area contributed by atoms with Crippen LogP contribution in [0.2, 0.25) is 0 Å². The zero-order valence-corrected chi connectivity index (χ0v) is 11.6. The Hall–Kier alpha value is -1.95. The van der Waals surface area contributed by atoms with Gasteiger partial charge in [-0.3, -0.25) is 14.9 Å². The molecule has 6 heteroatoms. The van der Waals surface area contributed by atoms with E-state index < -0.39 is 29.3 Å². The quantitative estimate of drug-likeness (QED) is 0.797. The third-order valence-corrected chi connectivity index (χ3v) is 3.52. The fraction of sp³-hybridized carbons (Fsp3) is 0.429. The summed E-state index contributed by atoms with van der Waals surface area (Å²) in [7, 11) is 0. The molecular weight excluding hydrogens is 263 g/mol. The molecule has 2 amide bonds. The van der Waals surface area contributed by atoms with Gasteiger partial charge in [0.2, 0.25) is 5.91 Å². The maximum absolute atomic E-state index is 13.3. The maximum Gasteiger partial charge on any atom is 0.251 e. The highest BCUT2D eigenvalue weighted by Gasteiger charge is 2.41. The number of nitrogens with zero attached hydrogens (tertiary/aromatic N) is 1. The summed E-state index contributed by atoms with van der Waals surface area (Å²) in [6.45, 7) is 4.83. The minimum atomic E-state index is -0.963. The third kappa shape index (κ3) is 2.38. The zero-order valence-electron chi connectivity index (χ0n) is 11.6. The summed E-state index contributed by atoms with van der Waals surface area (Å²) >= 11 is 0. The molecule has 0 radical (unpaired) electrons. The monoisotopic (exact) mass is 280 g/mol. The van der Waals surface area contributed by atoms with Crippen LogP contribution >= 0.6 is 0 Å². The summed E-state index contributed by atoms with van der Waals surface area (Å²) in [6.07, 6.45) is -0.906. The van der Waals surface area contributed by atoms with Gasteiger partial charge in [0, 0.05) is 11.3 Å². The largest absolute Gasteiger partial charge is 0.389 e. The number of aliphatic hydroxyl groups excluding tert-OH is 1. The first-order valence-electron chi connectivity index (χ1n) is 6.33. The highest BCUT2D eigenvalue weighted by atomic mass is 19.1. The van der Waals surface area contributed by atoms with Crippen molar-refractivity contribution in [1.29, 1.82) is 0 Å². The number of aliphatic hydroxyl groups is 1. The lowest BCUT2D eigenvalue weighted by molar-refractivity contribution is -0.135. The number of amides is 2. The van der Waals surface area contributed by atoms with Crippen molar-refractivity contribution in [2.24, 2.45) is 0 Å². The minimum Gasteiger partial charge on any atom is -0.389 e. The molecular formula is C14H17FN2O3. The van der Waals surface area contributed by atoms with Gasteiger partial charge in [0.15, 0.2) is 0 Å². The number of imide groups is 1. The van der Waals surface area contributed by atoms with Crippen molar-refractivity contribution in [3.05, 3.63) is 29.6 Å². The smallest absolute Gasteiger partial charge is 0.251 e. The van der Waals surface area contributed by atoms with Crippen LogP contribution in [0.25, 0.3) is 0 Å². The van der Waals surface area contributed by atoms with Crippen LogP contribution in [-0.2, 0) is 9.59 Å². The number of halogens is 1. The van der Waals surface area contributed by atoms with E-state index in [1.807, 2.05) is 0 Å². The fourth-order valence-corrected chi connectivity index (χ4v) is 2.28. The first kappa shape index (κ1) is 14.5. The number of nitrogens with one attached hydrogen (secondary N) is 1. The molecule has 1 atom stereocenters. The lowest BCUT2D eigenvalue weighted by Gasteiger charge is -2.42. The number of benzene rings is 1. The van der Waals surface area contributed by atoms with Crippen molar-refractivity contribution in [1.82, 2.24) is 5.32 Å². The summed E-state index contributed by atoms with van der Waals surface area (Å²) in [6, 6.07) is 3.94. The second-order valence-corrected chi connectivity index (χ2v) is 5.40. The van der Waals surface area contributed by atoms with Gasteiger partial charge in [-0.15, -0.1) is 0 Å². The molecule has 1 fully saturated rings. The molecule has 5 nitrogen and oxygen atoms in total. The van der Waals surface area contributed by atoms with E-state index in [-0.39, 0.29) is 6.54 Å². The molecule has 0 saturated carbocycles. The summed E-state index contributed by atoms with van der Waals surface area (Å²) < 4.78 is 13.3. The Balaban J connectivity index is 2.54. The van der Waals surface area contributed by atoms with Gasteiger partial charge >= 0.3 is 0 Å². The molecule has 20 heavy (non-hydrogen) atoms. The SMILES string of the molecule is C[C@H](O)c1cc(F)ccc1N1CC(=O)NC(=O)C1(C)C. The normalized spacial score (nSPS) is 19.8. The molecule has 1 aliphatic heterocycles. The molecule has 1 aliphatic rings. The first-order chi connectivity index (χ1) is 9.23. The van der Waals surface area contributed by atoms with E-state index in [9.17, 15) is 19.1 Å². The standard InChI is InChI=1S/C14H17FN2O3/c1-8(18)10-6-9(15)4-5-11(10)17-7-12(19)16-13(20)14(17,2)3/h4-6,8,18H,7H2,1-3H3,(H,16,19,20)/t8-/m0/s1. The molecule has 1 aromatic carbocycles. The van der Waals surface area contributed by atoms with Crippen LogP contribution in [0.15, 0.2) is 18.2 Å². The molecule has 108 valence electrons. The Labute approximate surface area is 116 Å². The van der Waals surface area contributed by atoms with Gasteiger partial charge in [-0.25, -0.2) is 4.39 Å². The minimum absolute atomic E-state index is 0.0237. The van der Waals surface area contributed by atoms with Crippen LogP contribution in [0.5, 0.6) is 0 Å². The number of carbonyl (C=O) groups is 2. The zero-order chi connectivity index (χ0) is 15.1. The predicted octanol–water partition coefficient (Wildman–Crippen LogP) is 1.12. The molecule has 2 N–H and O–H groups in total. The van der Waals surface area contributed by atoms with Crippen LogP contribution in [0.3, 0.4) is 0 Å². The molecule has 0 aromatic heterocycles. The number of piperazine rings is 1.